The molecule has 4 heteroatoms. The Morgan fingerprint density at radius 2 is 2.00 bits per heavy atom. The number of aromatic nitrogens is 1. The predicted octanol–water partition coefficient (Wildman–Crippen LogP) is 3.32. The van der Waals surface area contributed by atoms with Crippen LogP contribution in [-0.2, 0) is 13.0 Å². The van der Waals surface area contributed by atoms with Gasteiger partial charge < -0.3 is 10.6 Å². The topological polar surface area (TPSA) is 42.2 Å². The molecule has 0 atom stereocenters. The van der Waals surface area contributed by atoms with Gasteiger partial charge in [-0.05, 0) is 26.2 Å². The Morgan fingerprint density at radius 3 is 2.50 bits per heavy atom. The number of hydrogen-bond acceptors (Lipinski definition) is 4. The highest BCUT2D eigenvalue weighted by Crippen LogP contribution is 2.32. The lowest BCUT2D eigenvalue weighted by Gasteiger charge is -2.33. The third kappa shape index (κ3) is 2.86. The fraction of sp³-hybridized carbons (Fsp3) is 0.786. The minimum atomic E-state index is 0.628. The van der Waals surface area contributed by atoms with Gasteiger partial charge in [0.15, 0.2) is 5.13 Å². The summed E-state index contributed by atoms with van der Waals surface area (Å²) in [5.74, 6) is 0. The fourth-order valence-corrected chi connectivity index (χ4v) is 4.03. The standard InChI is InChI=1S/C14H25N3S/c1-3-12-13(10-15)18-14(16-12)17(4-2)11-8-6-5-7-9-11/h11H,3-10,15H2,1-2H3. The van der Waals surface area contributed by atoms with Gasteiger partial charge in [-0.1, -0.05) is 26.2 Å². The maximum Gasteiger partial charge on any atom is 0.186 e. The minimum Gasteiger partial charge on any atom is -0.345 e. The van der Waals surface area contributed by atoms with Crippen LogP contribution in [0.15, 0.2) is 0 Å². The Kier molecular flexibility index (Phi) is 5.01. The first-order valence-corrected chi connectivity index (χ1v) is 8.07. The molecule has 2 N–H and O–H groups in total. The Morgan fingerprint density at radius 1 is 1.28 bits per heavy atom. The Hall–Kier alpha value is -0.610. The van der Waals surface area contributed by atoms with Crippen molar-refractivity contribution in [2.75, 3.05) is 11.4 Å². The smallest absolute Gasteiger partial charge is 0.186 e. The molecule has 18 heavy (non-hydrogen) atoms. The summed E-state index contributed by atoms with van der Waals surface area (Å²) in [6, 6.07) is 0.699. The maximum atomic E-state index is 5.81. The van der Waals surface area contributed by atoms with Crippen molar-refractivity contribution < 1.29 is 0 Å². The Balaban J connectivity index is 2.18. The van der Waals surface area contributed by atoms with E-state index in [4.69, 9.17) is 10.7 Å². The zero-order valence-corrected chi connectivity index (χ0v) is 12.4. The second-order valence-electron chi connectivity index (χ2n) is 5.00. The quantitative estimate of drug-likeness (QED) is 0.890. The van der Waals surface area contributed by atoms with E-state index in [1.165, 1.54) is 47.8 Å². The van der Waals surface area contributed by atoms with Crippen molar-refractivity contribution >= 4 is 16.5 Å². The van der Waals surface area contributed by atoms with Gasteiger partial charge in [-0.25, -0.2) is 4.98 Å². The lowest BCUT2D eigenvalue weighted by Crippen LogP contribution is -2.36. The van der Waals surface area contributed by atoms with Crippen molar-refractivity contribution in [3.8, 4) is 0 Å². The van der Waals surface area contributed by atoms with Crippen molar-refractivity contribution in [2.45, 2.75) is 65.0 Å². The van der Waals surface area contributed by atoms with E-state index in [0.717, 1.165) is 13.0 Å². The molecule has 1 heterocycles. The number of nitrogens with two attached hydrogens (primary N) is 1. The molecule has 1 saturated carbocycles. The number of aryl methyl sites for hydroxylation is 1. The van der Waals surface area contributed by atoms with Crippen LogP contribution < -0.4 is 10.6 Å². The van der Waals surface area contributed by atoms with E-state index in [2.05, 4.69) is 18.7 Å². The molecule has 1 aliphatic carbocycles. The molecule has 0 bridgehead atoms. The predicted molar refractivity (Wildman–Crippen MR) is 79.3 cm³/mol. The van der Waals surface area contributed by atoms with E-state index < -0.39 is 0 Å². The monoisotopic (exact) mass is 267 g/mol. The first-order chi connectivity index (χ1) is 8.80. The lowest BCUT2D eigenvalue weighted by atomic mass is 9.94. The summed E-state index contributed by atoms with van der Waals surface area (Å²) < 4.78 is 0. The van der Waals surface area contributed by atoms with Crippen molar-refractivity contribution in [3.05, 3.63) is 10.6 Å². The lowest BCUT2D eigenvalue weighted by molar-refractivity contribution is 0.418. The summed E-state index contributed by atoms with van der Waals surface area (Å²) in [4.78, 5) is 8.58. The molecule has 1 aromatic heterocycles. The van der Waals surface area contributed by atoms with Crippen molar-refractivity contribution in [1.82, 2.24) is 4.98 Å². The highest BCUT2D eigenvalue weighted by Gasteiger charge is 2.23. The molecule has 3 nitrogen and oxygen atoms in total. The van der Waals surface area contributed by atoms with Gasteiger partial charge in [0.1, 0.15) is 0 Å². The summed E-state index contributed by atoms with van der Waals surface area (Å²) in [6.45, 7) is 6.09. The number of hydrogen-bond donors (Lipinski definition) is 1. The average Bonchev–Trinajstić information content (AvgIpc) is 2.84. The van der Waals surface area contributed by atoms with Crippen LogP contribution in [0, 0.1) is 0 Å². The van der Waals surface area contributed by atoms with E-state index >= 15 is 0 Å². The summed E-state index contributed by atoms with van der Waals surface area (Å²) >= 11 is 1.80. The first kappa shape index (κ1) is 13.8. The van der Waals surface area contributed by atoms with Crippen LogP contribution >= 0.6 is 11.3 Å². The van der Waals surface area contributed by atoms with Crippen LogP contribution in [0.1, 0.15) is 56.5 Å². The van der Waals surface area contributed by atoms with Crippen molar-refractivity contribution in [3.63, 3.8) is 0 Å². The first-order valence-electron chi connectivity index (χ1n) is 7.25. The molecule has 2 rings (SSSR count). The third-order valence-electron chi connectivity index (χ3n) is 3.89. The molecule has 1 fully saturated rings. The summed E-state index contributed by atoms with van der Waals surface area (Å²) in [7, 11) is 0. The van der Waals surface area contributed by atoms with Crippen molar-refractivity contribution in [2.24, 2.45) is 5.73 Å². The second-order valence-corrected chi connectivity index (χ2v) is 6.06. The van der Waals surface area contributed by atoms with Gasteiger partial charge >= 0.3 is 0 Å². The van der Waals surface area contributed by atoms with E-state index in [0.29, 0.717) is 12.6 Å². The normalized spacial score (nSPS) is 17.1. The second kappa shape index (κ2) is 6.53. The van der Waals surface area contributed by atoms with E-state index in [-0.39, 0.29) is 0 Å². The molecule has 0 unspecified atom stereocenters. The van der Waals surface area contributed by atoms with Crippen LogP contribution in [0.5, 0.6) is 0 Å². The van der Waals surface area contributed by atoms with E-state index in [1.807, 2.05) is 0 Å². The summed E-state index contributed by atoms with van der Waals surface area (Å²) in [5, 5.41) is 1.20. The van der Waals surface area contributed by atoms with Crippen LogP contribution in [0.25, 0.3) is 0 Å². The molecule has 1 aromatic rings. The number of anilines is 1. The van der Waals surface area contributed by atoms with Gasteiger partial charge in [-0.15, -0.1) is 11.3 Å². The van der Waals surface area contributed by atoms with Crippen LogP contribution in [0.3, 0.4) is 0 Å². The van der Waals surface area contributed by atoms with E-state index in [1.54, 1.807) is 11.3 Å². The molecule has 0 radical (unpaired) electrons. The van der Waals surface area contributed by atoms with Crippen LogP contribution in [0.2, 0.25) is 0 Å². The Labute approximate surface area is 114 Å². The van der Waals surface area contributed by atoms with Gasteiger partial charge in [-0.2, -0.15) is 0 Å². The number of rotatable bonds is 5. The molecule has 1 aliphatic rings. The molecule has 0 spiro atoms. The fourth-order valence-electron chi connectivity index (χ4n) is 2.87. The highest BCUT2D eigenvalue weighted by atomic mass is 32.1. The molecule has 0 aliphatic heterocycles. The van der Waals surface area contributed by atoms with Gasteiger partial charge in [-0.3, -0.25) is 0 Å². The summed E-state index contributed by atoms with van der Waals surface area (Å²) in [6.07, 6.45) is 7.79. The van der Waals surface area contributed by atoms with Gasteiger partial charge in [0.25, 0.3) is 0 Å². The number of thiazole rings is 1. The van der Waals surface area contributed by atoms with Gasteiger partial charge in [0, 0.05) is 24.0 Å². The SMILES string of the molecule is CCc1nc(N(CC)C2CCCCC2)sc1CN. The molecule has 0 saturated heterocycles. The molecule has 0 aromatic carbocycles. The average molecular weight is 267 g/mol. The third-order valence-corrected chi connectivity index (χ3v) is 5.05. The molecular weight excluding hydrogens is 242 g/mol. The Bertz CT molecular complexity index is 348. The van der Waals surface area contributed by atoms with Crippen LogP contribution in [-0.4, -0.2) is 17.6 Å². The van der Waals surface area contributed by atoms with Crippen LogP contribution in [0.4, 0.5) is 5.13 Å². The highest BCUT2D eigenvalue weighted by molar-refractivity contribution is 7.15. The molecule has 102 valence electrons. The van der Waals surface area contributed by atoms with Gasteiger partial charge in [0.05, 0.1) is 5.69 Å². The number of nitrogens with zero attached hydrogens (tertiary/aromatic N) is 2. The molecular formula is C14H25N3S. The largest absolute Gasteiger partial charge is 0.345 e. The molecule has 0 amide bonds. The van der Waals surface area contributed by atoms with E-state index in [9.17, 15) is 0 Å². The zero-order valence-electron chi connectivity index (χ0n) is 11.6. The maximum absolute atomic E-state index is 5.81. The van der Waals surface area contributed by atoms with Gasteiger partial charge in [0.2, 0.25) is 0 Å². The van der Waals surface area contributed by atoms with Crippen molar-refractivity contribution in [1.29, 1.82) is 0 Å². The summed E-state index contributed by atoms with van der Waals surface area (Å²) in [5.41, 5.74) is 7.01. The minimum absolute atomic E-state index is 0.628. The zero-order chi connectivity index (χ0) is 13.0.